The van der Waals surface area contributed by atoms with E-state index in [4.69, 9.17) is 4.74 Å². The molecule has 0 atom stereocenters. The molecule has 0 saturated heterocycles. The van der Waals surface area contributed by atoms with Gasteiger partial charge in [0.25, 0.3) is 0 Å². The molecule has 0 aliphatic carbocycles. The van der Waals surface area contributed by atoms with Crippen LogP contribution in [0, 0.1) is 0 Å². The number of para-hydroxylation sites is 2. The lowest BCUT2D eigenvalue weighted by atomic mass is 10.2. The van der Waals surface area contributed by atoms with E-state index in [9.17, 15) is 4.79 Å². The number of hydrogen-bond donors (Lipinski definition) is 0. The Hall–Kier alpha value is -2.36. The predicted molar refractivity (Wildman–Crippen MR) is 68.7 cm³/mol. The van der Waals surface area contributed by atoms with Crippen molar-refractivity contribution < 1.29 is 9.53 Å². The number of benzene rings is 1. The van der Waals surface area contributed by atoms with Crippen LogP contribution in [0.25, 0.3) is 16.7 Å². The Balaban J connectivity index is 2.31. The Labute approximate surface area is 104 Å². The molecule has 0 amide bonds. The average Bonchev–Trinajstić information content (AvgIpc) is 2.77. The summed E-state index contributed by atoms with van der Waals surface area (Å²) in [7, 11) is 0. The van der Waals surface area contributed by atoms with E-state index in [2.05, 4.69) is 4.98 Å². The summed E-state index contributed by atoms with van der Waals surface area (Å²) in [6, 6.07) is 11.3. The first kappa shape index (κ1) is 10.8. The maximum Gasteiger partial charge on any atom is 0.341 e. The second-order valence-electron chi connectivity index (χ2n) is 3.94. The summed E-state index contributed by atoms with van der Waals surface area (Å²) in [6.07, 6.45) is 1.90. The minimum Gasteiger partial charge on any atom is -0.462 e. The third-order valence-electron chi connectivity index (χ3n) is 2.83. The van der Waals surface area contributed by atoms with Crippen molar-refractivity contribution in [2.24, 2.45) is 0 Å². The van der Waals surface area contributed by atoms with E-state index in [0.717, 1.165) is 11.0 Å². The Morgan fingerprint density at radius 1 is 1.28 bits per heavy atom. The summed E-state index contributed by atoms with van der Waals surface area (Å²) in [5, 5.41) is 0. The number of esters is 1. The number of fused-ring (bicyclic) bond motifs is 3. The lowest BCUT2D eigenvalue weighted by Gasteiger charge is -2.03. The molecule has 0 radical (unpaired) electrons. The summed E-state index contributed by atoms with van der Waals surface area (Å²) in [4.78, 5) is 16.3. The summed E-state index contributed by atoms with van der Waals surface area (Å²) in [5.41, 5.74) is 2.99. The zero-order chi connectivity index (χ0) is 12.5. The van der Waals surface area contributed by atoms with E-state index >= 15 is 0 Å². The molecule has 4 nitrogen and oxygen atoms in total. The number of ether oxygens (including phenoxy) is 1. The van der Waals surface area contributed by atoms with Crippen molar-refractivity contribution in [1.82, 2.24) is 9.38 Å². The van der Waals surface area contributed by atoms with Gasteiger partial charge in [-0.2, -0.15) is 0 Å². The first-order chi connectivity index (χ1) is 8.81. The van der Waals surface area contributed by atoms with Crippen molar-refractivity contribution in [1.29, 1.82) is 0 Å². The van der Waals surface area contributed by atoms with Crippen molar-refractivity contribution in [3.05, 3.63) is 48.2 Å². The highest BCUT2D eigenvalue weighted by Gasteiger charge is 2.14. The van der Waals surface area contributed by atoms with Gasteiger partial charge in [0, 0.05) is 6.20 Å². The second kappa shape index (κ2) is 4.14. The lowest BCUT2D eigenvalue weighted by Crippen LogP contribution is -2.06. The van der Waals surface area contributed by atoms with Gasteiger partial charge in [-0.15, -0.1) is 0 Å². The quantitative estimate of drug-likeness (QED) is 0.647. The van der Waals surface area contributed by atoms with Crippen LogP contribution in [0.15, 0.2) is 42.6 Å². The fourth-order valence-corrected chi connectivity index (χ4v) is 2.05. The van der Waals surface area contributed by atoms with E-state index < -0.39 is 0 Å². The third-order valence-corrected chi connectivity index (χ3v) is 2.83. The molecule has 90 valence electrons. The smallest absolute Gasteiger partial charge is 0.341 e. The molecule has 0 fully saturated rings. The van der Waals surface area contributed by atoms with Crippen molar-refractivity contribution in [2.45, 2.75) is 6.92 Å². The topological polar surface area (TPSA) is 43.6 Å². The van der Waals surface area contributed by atoms with Crippen molar-refractivity contribution >= 4 is 22.6 Å². The Morgan fingerprint density at radius 2 is 2.11 bits per heavy atom. The van der Waals surface area contributed by atoms with Crippen LogP contribution in [0.1, 0.15) is 17.3 Å². The Bertz CT molecular complexity index is 731. The number of nitrogens with zero attached hydrogens (tertiary/aromatic N) is 2. The molecule has 0 spiro atoms. The number of pyridine rings is 1. The Kier molecular flexibility index (Phi) is 2.48. The highest BCUT2D eigenvalue weighted by Crippen LogP contribution is 2.19. The fourth-order valence-electron chi connectivity index (χ4n) is 2.05. The largest absolute Gasteiger partial charge is 0.462 e. The molecular formula is C14H12N2O2. The van der Waals surface area contributed by atoms with Gasteiger partial charge < -0.3 is 4.74 Å². The molecular weight excluding hydrogens is 228 g/mol. The zero-order valence-electron chi connectivity index (χ0n) is 9.96. The van der Waals surface area contributed by atoms with Crippen LogP contribution in [0.3, 0.4) is 0 Å². The zero-order valence-corrected chi connectivity index (χ0v) is 9.96. The molecule has 3 rings (SSSR count). The molecule has 2 heterocycles. The van der Waals surface area contributed by atoms with Crippen LogP contribution in [-0.4, -0.2) is 22.0 Å². The molecule has 4 heteroatoms. The molecule has 0 unspecified atom stereocenters. The maximum absolute atomic E-state index is 11.9. The highest BCUT2D eigenvalue weighted by atomic mass is 16.5. The van der Waals surface area contributed by atoms with E-state index in [1.165, 1.54) is 0 Å². The second-order valence-corrected chi connectivity index (χ2v) is 3.94. The minimum atomic E-state index is -0.335. The lowest BCUT2D eigenvalue weighted by molar-refractivity contribution is 0.0528. The van der Waals surface area contributed by atoms with Gasteiger partial charge >= 0.3 is 5.97 Å². The number of imidazole rings is 1. The number of hydrogen-bond acceptors (Lipinski definition) is 3. The molecule has 0 saturated carbocycles. The number of rotatable bonds is 2. The van der Waals surface area contributed by atoms with Crippen LogP contribution in [-0.2, 0) is 4.74 Å². The van der Waals surface area contributed by atoms with Gasteiger partial charge in [-0.25, -0.2) is 9.78 Å². The van der Waals surface area contributed by atoms with Crippen molar-refractivity contribution in [2.75, 3.05) is 6.61 Å². The predicted octanol–water partition coefficient (Wildman–Crippen LogP) is 2.66. The summed E-state index contributed by atoms with van der Waals surface area (Å²) >= 11 is 0. The highest BCUT2D eigenvalue weighted by molar-refractivity contribution is 5.98. The monoisotopic (exact) mass is 240 g/mol. The van der Waals surface area contributed by atoms with Crippen LogP contribution < -0.4 is 0 Å². The first-order valence-electron chi connectivity index (χ1n) is 5.84. The number of carbonyl (C=O) groups is 1. The maximum atomic E-state index is 11.9. The number of aromatic nitrogens is 2. The molecule has 18 heavy (non-hydrogen) atoms. The molecule has 1 aromatic carbocycles. The number of carbonyl (C=O) groups excluding carboxylic acids is 1. The molecule has 0 aliphatic rings. The molecule has 3 aromatic rings. The average molecular weight is 240 g/mol. The summed E-state index contributed by atoms with van der Waals surface area (Å²) in [5.74, 6) is -0.335. The van der Waals surface area contributed by atoms with Gasteiger partial charge in [0.15, 0.2) is 5.65 Å². The Morgan fingerprint density at radius 3 is 2.94 bits per heavy atom. The molecule has 0 aliphatic heterocycles. The van der Waals surface area contributed by atoms with Crippen molar-refractivity contribution in [3.63, 3.8) is 0 Å². The van der Waals surface area contributed by atoms with Gasteiger partial charge in [-0.1, -0.05) is 12.1 Å². The van der Waals surface area contributed by atoms with Gasteiger partial charge in [0.05, 0.1) is 17.6 Å². The van der Waals surface area contributed by atoms with Gasteiger partial charge in [-0.05, 0) is 31.2 Å². The van der Waals surface area contributed by atoms with E-state index in [0.29, 0.717) is 17.8 Å². The van der Waals surface area contributed by atoms with Crippen LogP contribution in [0.5, 0.6) is 0 Å². The molecule has 0 N–H and O–H groups in total. The minimum absolute atomic E-state index is 0.335. The molecule has 0 bridgehead atoms. The summed E-state index contributed by atoms with van der Waals surface area (Å²) in [6.45, 7) is 2.15. The van der Waals surface area contributed by atoms with Crippen molar-refractivity contribution in [3.8, 4) is 0 Å². The first-order valence-corrected chi connectivity index (χ1v) is 5.84. The summed E-state index contributed by atoms with van der Waals surface area (Å²) < 4.78 is 6.94. The van der Waals surface area contributed by atoms with Gasteiger partial charge in [-0.3, -0.25) is 4.40 Å². The van der Waals surface area contributed by atoms with E-state index in [1.54, 1.807) is 13.0 Å². The molecule has 2 aromatic heterocycles. The fraction of sp³-hybridized carbons (Fsp3) is 0.143. The standard InChI is InChI=1S/C14H12N2O2/c1-2-18-14(17)10-6-5-9-16-12-8-4-3-7-11(12)15-13(10)16/h3-9H,2H2,1H3. The van der Waals surface area contributed by atoms with Crippen LogP contribution >= 0.6 is 0 Å². The SMILES string of the molecule is CCOC(=O)c1cccn2c1nc1ccccc12. The van der Waals surface area contributed by atoms with E-state index in [1.807, 2.05) is 40.9 Å². The third kappa shape index (κ3) is 1.54. The van der Waals surface area contributed by atoms with Crippen LogP contribution in [0.4, 0.5) is 0 Å². The van der Waals surface area contributed by atoms with Gasteiger partial charge in [0.1, 0.15) is 5.56 Å². The van der Waals surface area contributed by atoms with Gasteiger partial charge in [0.2, 0.25) is 0 Å². The van der Waals surface area contributed by atoms with Crippen LogP contribution in [0.2, 0.25) is 0 Å². The normalized spacial score (nSPS) is 10.9. The van der Waals surface area contributed by atoms with E-state index in [-0.39, 0.29) is 5.97 Å².